The van der Waals surface area contributed by atoms with Crippen LogP contribution in [0.25, 0.3) is 88.0 Å². The lowest BCUT2D eigenvalue weighted by molar-refractivity contribution is 0.0945. The summed E-state index contributed by atoms with van der Waals surface area (Å²) in [6.45, 7) is 0. The number of nitrogen functional groups attached to an aromatic ring is 2. The Bertz CT molecular complexity index is 2820. The fourth-order valence-corrected chi connectivity index (χ4v) is 8.54. The maximum atomic E-state index is 11.3. The number of amides is 2. The molecule has 0 aliphatic carbocycles. The van der Waals surface area contributed by atoms with Crippen LogP contribution in [0.15, 0.2) is 218 Å². The Hall–Kier alpha value is -8.16. The topological polar surface area (TPSA) is 110 Å². The second-order valence-electron chi connectivity index (χ2n) is 14.9. The zero-order valence-electron chi connectivity index (χ0n) is 33.8. The summed E-state index contributed by atoms with van der Waals surface area (Å²) in [5, 5.41) is 7.65. The van der Waals surface area contributed by atoms with E-state index in [1.807, 2.05) is 24.3 Å². The molecule has 10 aromatic carbocycles. The first kappa shape index (κ1) is 39.3. The predicted octanol–water partition coefficient (Wildman–Crippen LogP) is 12.4. The molecular formula is C56H42N4O2. The smallest absolute Gasteiger partial charge is 0.265 e. The molecule has 0 bridgehead atoms. The molecule has 6 N–H and O–H groups in total. The van der Waals surface area contributed by atoms with Gasteiger partial charge >= 0.3 is 0 Å². The summed E-state index contributed by atoms with van der Waals surface area (Å²) in [5.41, 5.74) is 17.0. The molecule has 298 valence electrons. The summed E-state index contributed by atoms with van der Waals surface area (Å²) in [6, 6.07) is 75.6. The fraction of sp³-hybridized carbons (Fsp3) is 0. The normalized spacial score (nSPS) is 10.9. The first-order valence-electron chi connectivity index (χ1n) is 20.4. The Morgan fingerprint density at radius 3 is 0.726 bits per heavy atom. The van der Waals surface area contributed by atoms with Gasteiger partial charge in [-0.3, -0.25) is 20.4 Å². The van der Waals surface area contributed by atoms with Crippen molar-refractivity contribution in [1.82, 2.24) is 10.9 Å². The third-order valence-corrected chi connectivity index (χ3v) is 11.3. The quantitative estimate of drug-likeness (QED) is 0.0556. The van der Waals surface area contributed by atoms with Crippen molar-refractivity contribution >= 4 is 44.1 Å². The minimum atomic E-state index is -0.341. The molecule has 0 saturated heterocycles. The molecule has 0 fully saturated rings. The van der Waals surface area contributed by atoms with Crippen LogP contribution in [0.4, 0.5) is 0 Å². The standard InChI is InChI=1S/C42H28.C14H14N4O2/c1-5-17-29(18-6-1)37-33-25-13-14-26-34(33)39(31-21-9-3-10-22-31)42-40(32-23-11-4-12-24-32)36-28-16-15-27-35(36)38(41(37)42)30-19-7-2-8-20-30;15-17-13(19)11-5-1-9(2-6-11)10-3-7-12(8-4-10)14(20)18-16/h1-28H;1-8H,15-16H2,(H,17,19)(H,18,20). The van der Waals surface area contributed by atoms with Gasteiger partial charge in [-0.1, -0.05) is 194 Å². The maximum Gasteiger partial charge on any atom is 0.265 e. The Labute approximate surface area is 360 Å². The molecular weight excluding hydrogens is 761 g/mol. The Kier molecular flexibility index (Phi) is 11.2. The molecule has 0 unspecified atom stereocenters. The van der Waals surface area contributed by atoms with Crippen LogP contribution in [-0.2, 0) is 0 Å². The Morgan fingerprint density at radius 2 is 0.500 bits per heavy atom. The van der Waals surface area contributed by atoms with E-state index in [1.54, 1.807) is 24.3 Å². The third-order valence-electron chi connectivity index (χ3n) is 11.3. The van der Waals surface area contributed by atoms with Gasteiger partial charge in [0.05, 0.1) is 0 Å². The van der Waals surface area contributed by atoms with Gasteiger partial charge in [0.15, 0.2) is 0 Å². The summed E-state index contributed by atoms with van der Waals surface area (Å²) in [5.74, 6) is 9.45. The number of hydrogen-bond donors (Lipinski definition) is 4. The van der Waals surface area contributed by atoms with Gasteiger partial charge in [-0.25, -0.2) is 11.7 Å². The minimum Gasteiger partial charge on any atom is -0.290 e. The number of benzene rings is 10. The van der Waals surface area contributed by atoms with Crippen LogP contribution in [0.3, 0.4) is 0 Å². The maximum absolute atomic E-state index is 11.3. The largest absolute Gasteiger partial charge is 0.290 e. The summed E-state index contributed by atoms with van der Waals surface area (Å²) in [4.78, 5) is 22.6. The van der Waals surface area contributed by atoms with Crippen molar-refractivity contribution in [1.29, 1.82) is 0 Å². The SMILES string of the molecule is NNC(=O)c1ccc(-c2ccc(C(=O)NN)cc2)cc1.c1ccc(-c2c3ccccc3c(-c3ccccc3)c3c(-c4ccccc4)c4ccccc4c(-c4ccccc4)c23)cc1. The molecule has 0 aromatic heterocycles. The first-order valence-corrected chi connectivity index (χ1v) is 20.4. The Balaban J connectivity index is 0.000000206. The highest BCUT2D eigenvalue weighted by molar-refractivity contribution is 6.33. The van der Waals surface area contributed by atoms with Gasteiger partial charge in [0, 0.05) is 11.1 Å². The van der Waals surface area contributed by atoms with Gasteiger partial charge in [-0.15, -0.1) is 0 Å². The molecule has 10 rings (SSSR count). The number of nitrogens with one attached hydrogen (secondary N) is 2. The highest BCUT2D eigenvalue weighted by Crippen LogP contribution is 2.53. The summed E-state index contributed by atoms with van der Waals surface area (Å²) in [7, 11) is 0. The zero-order valence-corrected chi connectivity index (χ0v) is 33.8. The second-order valence-corrected chi connectivity index (χ2v) is 14.9. The number of fused-ring (bicyclic) bond motifs is 3. The van der Waals surface area contributed by atoms with Crippen LogP contribution in [0.5, 0.6) is 0 Å². The van der Waals surface area contributed by atoms with Crippen LogP contribution >= 0.6 is 0 Å². The molecule has 0 radical (unpaired) electrons. The van der Waals surface area contributed by atoms with E-state index >= 15 is 0 Å². The van der Waals surface area contributed by atoms with Crippen LogP contribution in [-0.4, -0.2) is 11.8 Å². The van der Waals surface area contributed by atoms with Crippen molar-refractivity contribution in [3.05, 3.63) is 230 Å². The lowest BCUT2D eigenvalue weighted by Gasteiger charge is -2.25. The van der Waals surface area contributed by atoms with E-state index in [-0.39, 0.29) is 11.8 Å². The first-order chi connectivity index (χ1) is 30.6. The number of carbonyl (C=O) groups excluding carboxylic acids is 2. The summed E-state index contributed by atoms with van der Waals surface area (Å²) in [6.07, 6.45) is 0. The molecule has 0 aliphatic heterocycles. The van der Waals surface area contributed by atoms with E-state index in [9.17, 15) is 9.59 Å². The van der Waals surface area contributed by atoms with Gasteiger partial charge in [-0.2, -0.15) is 0 Å². The fourth-order valence-electron chi connectivity index (χ4n) is 8.54. The molecule has 0 spiro atoms. The van der Waals surface area contributed by atoms with E-state index < -0.39 is 0 Å². The molecule has 10 aromatic rings. The Morgan fingerprint density at radius 1 is 0.274 bits per heavy atom. The van der Waals surface area contributed by atoms with Crippen molar-refractivity contribution in [3.8, 4) is 55.6 Å². The van der Waals surface area contributed by atoms with Crippen molar-refractivity contribution in [3.63, 3.8) is 0 Å². The number of hydrazine groups is 2. The number of hydrogen-bond acceptors (Lipinski definition) is 4. The predicted molar refractivity (Wildman–Crippen MR) is 256 cm³/mol. The lowest BCUT2D eigenvalue weighted by atomic mass is 9.77. The van der Waals surface area contributed by atoms with Crippen LogP contribution in [0, 0.1) is 0 Å². The van der Waals surface area contributed by atoms with Crippen molar-refractivity contribution < 1.29 is 9.59 Å². The molecule has 6 heteroatoms. The molecule has 62 heavy (non-hydrogen) atoms. The van der Waals surface area contributed by atoms with E-state index in [2.05, 4.69) is 181 Å². The second kappa shape index (κ2) is 17.6. The zero-order chi connectivity index (χ0) is 42.4. The minimum absolute atomic E-state index is 0.341. The summed E-state index contributed by atoms with van der Waals surface area (Å²) < 4.78 is 0. The van der Waals surface area contributed by atoms with Crippen molar-refractivity contribution in [2.24, 2.45) is 11.7 Å². The van der Waals surface area contributed by atoms with Crippen molar-refractivity contribution in [2.75, 3.05) is 0 Å². The monoisotopic (exact) mass is 802 g/mol. The lowest BCUT2D eigenvalue weighted by Crippen LogP contribution is -2.29. The van der Waals surface area contributed by atoms with Gasteiger partial charge in [0.2, 0.25) is 0 Å². The van der Waals surface area contributed by atoms with Gasteiger partial charge in [-0.05, 0) is 112 Å². The van der Waals surface area contributed by atoms with E-state index in [1.165, 1.54) is 76.8 Å². The van der Waals surface area contributed by atoms with Crippen LogP contribution < -0.4 is 22.5 Å². The van der Waals surface area contributed by atoms with Gasteiger partial charge in [0.25, 0.3) is 11.8 Å². The van der Waals surface area contributed by atoms with E-state index in [0.717, 1.165) is 11.1 Å². The number of rotatable bonds is 7. The average molecular weight is 803 g/mol. The van der Waals surface area contributed by atoms with Crippen LogP contribution in [0.1, 0.15) is 20.7 Å². The average Bonchev–Trinajstić information content (AvgIpc) is 3.35. The highest BCUT2D eigenvalue weighted by Gasteiger charge is 2.25. The highest BCUT2D eigenvalue weighted by atomic mass is 16.2. The molecule has 0 saturated carbocycles. The molecule has 0 aliphatic rings. The van der Waals surface area contributed by atoms with E-state index in [4.69, 9.17) is 11.7 Å². The third kappa shape index (κ3) is 7.48. The molecule has 0 atom stereocenters. The summed E-state index contributed by atoms with van der Waals surface area (Å²) >= 11 is 0. The number of carbonyl (C=O) groups is 2. The van der Waals surface area contributed by atoms with Crippen molar-refractivity contribution in [2.45, 2.75) is 0 Å². The van der Waals surface area contributed by atoms with Gasteiger partial charge in [0.1, 0.15) is 0 Å². The molecule has 2 amide bonds. The van der Waals surface area contributed by atoms with Crippen LogP contribution in [0.2, 0.25) is 0 Å². The van der Waals surface area contributed by atoms with E-state index in [0.29, 0.717) is 11.1 Å². The molecule has 0 heterocycles. The molecule has 6 nitrogen and oxygen atoms in total. The number of nitrogens with two attached hydrogens (primary N) is 2. The van der Waals surface area contributed by atoms with Gasteiger partial charge < -0.3 is 0 Å².